The minimum Gasteiger partial charge on any atom is -0.382 e. The van der Waals surface area contributed by atoms with Gasteiger partial charge < -0.3 is 10.6 Å². The predicted molar refractivity (Wildman–Crippen MR) is 59.7 cm³/mol. The number of anilines is 1. The summed E-state index contributed by atoms with van der Waals surface area (Å²) in [5.41, 5.74) is 2.02. The van der Waals surface area contributed by atoms with E-state index in [1.54, 1.807) is 11.7 Å². The van der Waals surface area contributed by atoms with E-state index >= 15 is 0 Å². The summed E-state index contributed by atoms with van der Waals surface area (Å²) < 4.78 is 1.77. The van der Waals surface area contributed by atoms with Crippen molar-refractivity contribution in [2.24, 2.45) is 7.05 Å². The lowest BCUT2D eigenvalue weighted by Crippen LogP contribution is -2.18. The van der Waals surface area contributed by atoms with Gasteiger partial charge in [-0.05, 0) is 13.3 Å². The van der Waals surface area contributed by atoms with Crippen LogP contribution in [0.5, 0.6) is 0 Å². The van der Waals surface area contributed by atoms with E-state index in [2.05, 4.69) is 15.7 Å². The van der Waals surface area contributed by atoms with Crippen LogP contribution in [0.3, 0.4) is 0 Å². The van der Waals surface area contributed by atoms with Crippen molar-refractivity contribution in [3.8, 4) is 0 Å². The quantitative estimate of drug-likeness (QED) is 0.702. The highest BCUT2D eigenvalue weighted by Crippen LogP contribution is 2.10. The van der Waals surface area contributed by atoms with E-state index in [1.165, 1.54) is 0 Å². The largest absolute Gasteiger partial charge is 0.382 e. The van der Waals surface area contributed by atoms with Crippen LogP contribution in [0.1, 0.15) is 18.5 Å². The molecule has 5 nitrogen and oxygen atoms in total. The van der Waals surface area contributed by atoms with Crippen molar-refractivity contribution in [3.05, 3.63) is 11.9 Å². The first-order valence-corrected chi connectivity index (χ1v) is 5.08. The molecule has 84 valence electrons. The smallest absolute Gasteiger partial charge is 0.219 e. The van der Waals surface area contributed by atoms with Crippen molar-refractivity contribution >= 4 is 11.6 Å². The van der Waals surface area contributed by atoms with Gasteiger partial charge in [-0.25, -0.2) is 0 Å². The second-order valence-corrected chi connectivity index (χ2v) is 3.51. The maximum absolute atomic E-state index is 10.9. The average molecular weight is 210 g/mol. The van der Waals surface area contributed by atoms with Gasteiger partial charge in [0.15, 0.2) is 0 Å². The van der Waals surface area contributed by atoms with Crippen LogP contribution in [0.2, 0.25) is 0 Å². The number of hydrogen-bond donors (Lipinski definition) is 2. The summed E-state index contributed by atoms with van der Waals surface area (Å²) >= 11 is 0. The van der Waals surface area contributed by atoms with Crippen molar-refractivity contribution in [2.75, 3.05) is 18.9 Å². The van der Waals surface area contributed by atoms with Gasteiger partial charge in [0.25, 0.3) is 0 Å². The van der Waals surface area contributed by atoms with E-state index in [0.717, 1.165) is 24.3 Å². The first kappa shape index (κ1) is 11.6. The van der Waals surface area contributed by atoms with E-state index in [1.807, 2.05) is 20.2 Å². The fourth-order valence-corrected chi connectivity index (χ4v) is 1.37. The second-order valence-electron chi connectivity index (χ2n) is 3.51. The number of nitrogens with one attached hydrogen (secondary N) is 2. The van der Waals surface area contributed by atoms with Crippen molar-refractivity contribution in [3.63, 3.8) is 0 Å². The molecule has 0 aliphatic heterocycles. The molecule has 0 spiro atoms. The third kappa shape index (κ3) is 3.61. The Balaban J connectivity index is 2.26. The van der Waals surface area contributed by atoms with Crippen LogP contribution in [0.4, 0.5) is 5.69 Å². The van der Waals surface area contributed by atoms with Gasteiger partial charge in [-0.2, -0.15) is 5.10 Å². The summed E-state index contributed by atoms with van der Waals surface area (Å²) in [5, 5.41) is 10.1. The molecule has 1 rings (SSSR count). The van der Waals surface area contributed by atoms with Crippen LogP contribution in [-0.2, 0) is 11.8 Å². The molecular formula is C10H18N4O. The Hall–Kier alpha value is -1.52. The molecule has 0 radical (unpaired) electrons. The lowest BCUT2D eigenvalue weighted by atomic mass is 10.3. The highest BCUT2D eigenvalue weighted by Gasteiger charge is 2.02. The van der Waals surface area contributed by atoms with Crippen LogP contribution in [0.25, 0.3) is 0 Å². The van der Waals surface area contributed by atoms with Crippen LogP contribution < -0.4 is 10.6 Å². The van der Waals surface area contributed by atoms with E-state index < -0.39 is 0 Å². The molecule has 0 fully saturated rings. The Bertz CT molecular complexity index is 332. The number of aryl methyl sites for hydroxylation is 2. The van der Waals surface area contributed by atoms with Crippen LogP contribution >= 0.6 is 0 Å². The summed E-state index contributed by atoms with van der Waals surface area (Å²) in [5.74, 6) is 0.0831. The summed E-state index contributed by atoms with van der Waals surface area (Å²) in [6, 6.07) is 0. The highest BCUT2D eigenvalue weighted by molar-refractivity contribution is 5.75. The van der Waals surface area contributed by atoms with E-state index in [4.69, 9.17) is 0 Å². The molecule has 1 aromatic rings. The first-order chi connectivity index (χ1) is 7.13. The predicted octanol–water partition coefficient (Wildman–Crippen LogP) is 0.667. The zero-order valence-corrected chi connectivity index (χ0v) is 9.50. The third-order valence-corrected chi connectivity index (χ3v) is 2.19. The zero-order valence-electron chi connectivity index (χ0n) is 9.50. The molecule has 0 atom stereocenters. The molecule has 5 heteroatoms. The Morgan fingerprint density at radius 3 is 2.87 bits per heavy atom. The lowest BCUT2D eigenvalue weighted by Gasteiger charge is -2.03. The molecule has 15 heavy (non-hydrogen) atoms. The fraction of sp³-hybridized carbons (Fsp3) is 0.600. The van der Waals surface area contributed by atoms with Crippen molar-refractivity contribution < 1.29 is 4.79 Å². The lowest BCUT2D eigenvalue weighted by molar-refractivity contribution is -0.120. The minimum atomic E-state index is 0.0831. The zero-order chi connectivity index (χ0) is 11.3. The summed E-state index contributed by atoms with van der Waals surface area (Å²) in [6.45, 7) is 2.75. The van der Waals surface area contributed by atoms with E-state index in [0.29, 0.717) is 6.42 Å². The monoisotopic (exact) mass is 210 g/mol. The number of carbonyl (C=O) groups excluding carboxylic acids is 1. The third-order valence-electron chi connectivity index (χ3n) is 2.19. The van der Waals surface area contributed by atoms with Crippen LogP contribution in [0.15, 0.2) is 6.20 Å². The van der Waals surface area contributed by atoms with Gasteiger partial charge in [0.05, 0.1) is 11.4 Å². The Kier molecular flexibility index (Phi) is 4.15. The van der Waals surface area contributed by atoms with Crippen LogP contribution in [0, 0.1) is 6.92 Å². The number of hydrogen-bond acceptors (Lipinski definition) is 3. The van der Waals surface area contributed by atoms with Gasteiger partial charge in [-0.15, -0.1) is 0 Å². The molecule has 0 aliphatic rings. The van der Waals surface area contributed by atoms with Crippen molar-refractivity contribution in [2.45, 2.75) is 19.8 Å². The second kappa shape index (κ2) is 5.38. The molecule has 0 unspecified atom stereocenters. The maximum atomic E-state index is 10.9. The number of nitrogens with zero attached hydrogens (tertiary/aromatic N) is 2. The minimum absolute atomic E-state index is 0.0831. The Labute approximate surface area is 89.9 Å². The number of amides is 1. The number of aromatic nitrogens is 2. The standard InChI is InChI=1S/C10H18N4O/c1-8-9(7-14(3)13-8)12-6-4-5-10(15)11-2/h7,12H,4-6H2,1-3H3,(H,11,15). The Morgan fingerprint density at radius 2 is 2.33 bits per heavy atom. The molecule has 0 saturated heterocycles. The molecule has 0 bridgehead atoms. The summed E-state index contributed by atoms with van der Waals surface area (Å²) in [7, 11) is 3.55. The maximum Gasteiger partial charge on any atom is 0.219 e. The van der Waals surface area contributed by atoms with Gasteiger partial charge in [-0.1, -0.05) is 0 Å². The topological polar surface area (TPSA) is 59.0 Å². The number of rotatable bonds is 5. The normalized spacial score (nSPS) is 10.1. The first-order valence-electron chi connectivity index (χ1n) is 5.08. The molecule has 1 heterocycles. The van der Waals surface area contributed by atoms with E-state index in [-0.39, 0.29) is 5.91 Å². The summed E-state index contributed by atoms with van der Waals surface area (Å²) in [6.07, 6.45) is 3.33. The molecule has 0 aliphatic carbocycles. The van der Waals surface area contributed by atoms with Gasteiger partial charge >= 0.3 is 0 Å². The Morgan fingerprint density at radius 1 is 1.60 bits per heavy atom. The van der Waals surface area contributed by atoms with Crippen LogP contribution in [-0.4, -0.2) is 29.3 Å². The van der Waals surface area contributed by atoms with Gasteiger partial charge in [-0.3, -0.25) is 9.48 Å². The molecule has 0 saturated carbocycles. The SMILES string of the molecule is CNC(=O)CCCNc1cn(C)nc1C. The van der Waals surface area contributed by atoms with Crippen molar-refractivity contribution in [1.82, 2.24) is 15.1 Å². The van der Waals surface area contributed by atoms with Gasteiger partial charge in [0, 0.05) is 33.3 Å². The fourth-order valence-electron chi connectivity index (χ4n) is 1.37. The molecular weight excluding hydrogens is 192 g/mol. The highest BCUT2D eigenvalue weighted by atomic mass is 16.1. The summed E-state index contributed by atoms with van der Waals surface area (Å²) in [4.78, 5) is 10.9. The van der Waals surface area contributed by atoms with Crippen molar-refractivity contribution in [1.29, 1.82) is 0 Å². The average Bonchev–Trinajstić information content (AvgIpc) is 2.52. The molecule has 0 aromatic carbocycles. The molecule has 1 amide bonds. The molecule has 1 aromatic heterocycles. The van der Waals surface area contributed by atoms with Gasteiger partial charge in [0.2, 0.25) is 5.91 Å². The van der Waals surface area contributed by atoms with E-state index in [9.17, 15) is 4.79 Å². The number of carbonyl (C=O) groups is 1. The molecule has 2 N–H and O–H groups in total. The van der Waals surface area contributed by atoms with Gasteiger partial charge in [0.1, 0.15) is 0 Å².